The zero-order valence-corrected chi connectivity index (χ0v) is 12.9. The Morgan fingerprint density at radius 1 is 1.37 bits per heavy atom. The average molecular weight is 394 g/mol. The highest BCUT2D eigenvalue weighted by molar-refractivity contribution is 14.1. The summed E-state index contributed by atoms with van der Waals surface area (Å²) in [5, 5.41) is 12.3. The summed E-state index contributed by atoms with van der Waals surface area (Å²) in [6, 6.07) is 5.08. The van der Waals surface area contributed by atoms with Crippen molar-refractivity contribution in [2.75, 3.05) is 0 Å². The minimum Gasteiger partial charge on any atom is -0.481 e. The molecule has 2 atom stereocenters. The monoisotopic (exact) mass is 393 g/mol. The van der Waals surface area contributed by atoms with Crippen LogP contribution in [0, 0.1) is 9.49 Å². The Morgan fingerprint density at radius 3 is 2.74 bits per heavy atom. The summed E-state index contributed by atoms with van der Waals surface area (Å²) in [6.07, 6.45) is 1.82. The van der Waals surface area contributed by atoms with Gasteiger partial charge in [0.1, 0.15) is 0 Å². The van der Waals surface area contributed by atoms with E-state index in [-0.39, 0.29) is 17.9 Å². The molecule has 4 nitrogen and oxygen atoms in total. The van der Waals surface area contributed by atoms with E-state index in [0.717, 1.165) is 3.57 Å². The van der Waals surface area contributed by atoms with Gasteiger partial charge in [-0.2, -0.15) is 0 Å². The van der Waals surface area contributed by atoms with Gasteiger partial charge in [0, 0.05) is 14.6 Å². The van der Waals surface area contributed by atoms with Crippen molar-refractivity contribution < 1.29 is 14.7 Å². The molecule has 1 aromatic carbocycles. The van der Waals surface area contributed by atoms with Crippen molar-refractivity contribution in [3.63, 3.8) is 0 Å². The van der Waals surface area contributed by atoms with E-state index in [2.05, 4.69) is 27.9 Å². The largest absolute Gasteiger partial charge is 0.481 e. The molecule has 1 aliphatic rings. The second-order valence-electron chi connectivity index (χ2n) is 4.64. The Balaban J connectivity index is 2.02. The van der Waals surface area contributed by atoms with Gasteiger partial charge in [-0.1, -0.05) is 11.6 Å². The molecule has 1 amide bonds. The number of carbonyl (C=O) groups is 2. The van der Waals surface area contributed by atoms with E-state index in [1.807, 2.05) is 0 Å². The first kappa shape index (κ1) is 14.6. The third-order valence-electron chi connectivity index (χ3n) is 3.29. The molecule has 2 rings (SSSR count). The van der Waals surface area contributed by atoms with Gasteiger partial charge in [-0.25, -0.2) is 0 Å². The molecule has 0 aromatic heterocycles. The lowest BCUT2D eigenvalue weighted by Gasteiger charge is -2.13. The van der Waals surface area contributed by atoms with Crippen LogP contribution in [0.15, 0.2) is 18.2 Å². The number of rotatable bonds is 3. The van der Waals surface area contributed by atoms with Crippen LogP contribution in [0.2, 0.25) is 5.02 Å². The number of benzene rings is 1. The number of nitrogens with one attached hydrogen (secondary N) is 1. The Morgan fingerprint density at radius 2 is 2.11 bits per heavy atom. The van der Waals surface area contributed by atoms with E-state index in [1.54, 1.807) is 18.2 Å². The highest BCUT2D eigenvalue weighted by atomic mass is 127. The summed E-state index contributed by atoms with van der Waals surface area (Å²) >= 11 is 7.96. The van der Waals surface area contributed by atoms with Gasteiger partial charge in [0.05, 0.1) is 11.5 Å². The van der Waals surface area contributed by atoms with Crippen molar-refractivity contribution >= 4 is 46.1 Å². The Kier molecular flexibility index (Phi) is 4.67. The molecule has 19 heavy (non-hydrogen) atoms. The van der Waals surface area contributed by atoms with E-state index in [0.29, 0.717) is 29.8 Å². The normalized spacial score (nSPS) is 22.2. The van der Waals surface area contributed by atoms with Gasteiger partial charge in [0.25, 0.3) is 5.91 Å². The summed E-state index contributed by atoms with van der Waals surface area (Å²) in [5.41, 5.74) is 0.534. The van der Waals surface area contributed by atoms with Gasteiger partial charge in [-0.05, 0) is 60.1 Å². The van der Waals surface area contributed by atoms with Crippen molar-refractivity contribution in [2.24, 2.45) is 5.92 Å². The number of hydrogen-bond donors (Lipinski definition) is 2. The summed E-state index contributed by atoms with van der Waals surface area (Å²) in [4.78, 5) is 23.0. The number of amides is 1. The van der Waals surface area contributed by atoms with Crippen LogP contribution in [-0.4, -0.2) is 23.0 Å². The van der Waals surface area contributed by atoms with Crippen molar-refractivity contribution in [2.45, 2.75) is 25.3 Å². The summed E-state index contributed by atoms with van der Waals surface area (Å²) in [5.74, 6) is -1.32. The molecule has 1 fully saturated rings. The first-order valence-electron chi connectivity index (χ1n) is 5.96. The maximum atomic E-state index is 12.1. The number of aliphatic carboxylic acids is 1. The molecular weight excluding hydrogens is 381 g/mol. The summed E-state index contributed by atoms with van der Waals surface area (Å²) < 4.78 is 0.826. The fraction of sp³-hybridized carbons (Fsp3) is 0.385. The number of hydrogen-bond acceptors (Lipinski definition) is 2. The zero-order valence-electron chi connectivity index (χ0n) is 10.0. The van der Waals surface area contributed by atoms with Gasteiger partial charge in [0.2, 0.25) is 0 Å². The van der Waals surface area contributed by atoms with Crippen LogP contribution in [0.3, 0.4) is 0 Å². The molecule has 0 unspecified atom stereocenters. The lowest BCUT2D eigenvalue weighted by atomic mass is 10.1. The minimum atomic E-state index is -0.783. The molecule has 0 radical (unpaired) electrons. The fourth-order valence-corrected chi connectivity index (χ4v) is 3.02. The van der Waals surface area contributed by atoms with Crippen LogP contribution in [0.25, 0.3) is 0 Å². The van der Waals surface area contributed by atoms with E-state index in [4.69, 9.17) is 16.7 Å². The van der Waals surface area contributed by atoms with E-state index in [1.165, 1.54) is 0 Å². The van der Waals surface area contributed by atoms with Crippen molar-refractivity contribution in [1.29, 1.82) is 0 Å². The molecule has 1 aliphatic carbocycles. The fourth-order valence-electron chi connectivity index (χ4n) is 2.27. The van der Waals surface area contributed by atoms with Gasteiger partial charge in [-0.3, -0.25) is 9.59 Å². The van der Waals surface area contributed by atoms with Crippen LogP contribution in [0.1, 0.15) is 29.6 Å². The average Bonchev–Trinajstić information content (AvgIpc) is 2.80. The predicted molar refractivity (Wildman–Crippen MR) is 80.4 cm³/mol. The third kappa shape index (κ3) is 3.60. The van der Waals surface area contributed by atoms with Gasteiger partial charge < -0.3 is 10.4 Å². The SMILES string of the molecule is O=C(N[C@H]1CC[C@@H](C(=O)O)C1)c1cc(Cl)ccc1I. The van der Waals surface area contributed by atoms with E-state index < -0.39 is 5.97 Å². The number of carboxylic acids is 1. The Bertz CT molecular complexity index is 521. The van der Waals surface area contributed by atoms with Crippen LogP contribution >= 0.6 is 34.2 Å². The lowest BCUT2D eigenvalue weighted by molar-refractivity contribution is -0.141. The number of carboxylic acid groups (broad SMARTS) is 1. The van der Waals surface area contributed by atoms with Crippen LogP contribution in [0.5, 0.6) is 0 Å². The van der Waals surface area contributed by atoms with Gasteiger partial charge >= 0.3 is 5.97 Å². The topological polar surface area (TPSA) is 66.4 Å². The summed E-state index contributed by atoms with van der Waals surface area (Å²) in [6.45, 7) is 0. The molecule has 0 aliphatic heterocycles. The van der Waals surface area contributed by atoms with Crippen molar-refractivity contribution in [3.05, 3.63) is 32.4 Å². The van der Waals surface area contributed by atoms with Crippen molar-refractivity contribution in [3.8, 4) is 0 Å². The lowest BCUT2D eigenvalue weighted by Crippen LogP contribution is -2.33. The number of halogens is 2. The molecule has 0 spiro atoms. The standard InChI is InChI=1S/C13H13ClINO3/c14-8-2-4-11(15)10(6-8)12(17)16-9-3-1-7(5-9)13(18)19/h2,4,6-7,9H,1,3,5H2,(H,16,17)(H,18,19)/t7-,9+/m1/s1. The first-order valence-corrected chi connectivity index (χ1v) is 7.41. The van der Waals surface area contributed by atoms with Crippen molar-refractivity contribution in [1.82, 2.24) is 5.32 Å². The van der Waals surface area contributed by atoms with Crippen LogP contribution < -0.4 is 5.32 Å². The second-order valence-corrected chi connectivity index (χ2v) is 6.24. The molecule has 2 N–H and O–H groups in total. The maximum Gasteiger partial charge on any atom is 0.306 e. The summed E-state index contributed by atoms with van der Waals surface area (Å²) in [7, 11) is 0. The molecule has 0 heterocycles. The number of carbonyl (C=O) groups excluding carboxylic acids is 1. The highest BCUT2D eigenvalue weighted by Gasteiger charge is 2.30. The smallest absolute Gasteiger partial charge is 0.306 e. The zero-order chi connectivity index (χ0) is 14.0. The van der Waals surface area contributed by atoms with Crippen LogP contribution in [-0.2, 0) is 4.79 Å². The predicted octanol–water partition coefficient (Wildman–Crippen LogP) is 2.93. The Hall–Kier alpha value is -0.820. The molecule has 6 heteroatoms. The highest BCUT2D eigenvalue weighted by Crippen LogP contribution is 2.26. The van der Waals surface area contributed by atoms with Gasteiger partial charge in [-0.15, -0.1) is 0 Å². The molecule has 1 saturated carbocycles. The molecule has 102 valence electrons. The molecule has 1 aromatic rings. The van der Waals surface area contributed by atoms with Crippen LogP contribution in [0.4, 0.5) is 0 Å². The molecule has 0 saturated heterocycles. The van der Waals surface area contributed by atoms with E-state index >= 15 is 0 Å². The van der Waals surface area contributed by atoms with E-state index in [9.17, 15) is 9.59 Å². The third-order valence-corrected chi connectivity index (χ3v) is 4.47. The first-order chi connectivity index (χ1) is 8.97. The van der Waals surface area contributed by atoms with Gasteiger partial charge in [0.15, 0.2) is 0 Å². The molecule has 0 bridgehead atoms. The minimum absolute atomic E-state index is 0.0663. The molecular formula is C13H13ClINO3. The maximum absolute atomic E-state index is 12.1. The second kappa shape index (κ2) is 6.09. The quantitative estimate of drug-likeness (QED) is 0.776. The Labute approximate surface area is 129 Å².